The van der Waals surface area contributed by atoms with Crippen LogP contribution in [0.4, 0.5) is 0 Å². The average molecular weight is 310 g/mol. The fourth-order valence-electron chi connectivity index (χ4n) is 2.67. The van der Waals surface area contributed by atoms with Crippen molar-refractivity contribution in [3.63, 3.8) is 0 Å². The van der Waals surface area contributed by atoms with Crippen molar-refractivity contribution in [1.29, 1.82) is 0 Å². The molecule has 3 rings (SSSR count). The Labute approximate surface area is 137 Å². The van der Waals surface area contributed by atoms with E-state index in [0.717, 1.165) is 49.5 Å². The number of carbonyl (C=O) groups is 1. The van der Waals surface area contributed by atoms with Gasteiger partial charge in [0.25, 0.3) is 5.91 Å². The number of ether oxygens (including phenoxy) is 1. The third-order valence-electron chi connectivity index (χ3n) is 3.98. The first-order valence-corrected chi connectivity index (χ1v) is 8.10. The van der Waals surface area contributed by atoms with Gasteiger partial charge in [0.15, 0.2) is 0 Å². The van der Waals surface area contributed by atoms with Crippen LogP contribution in [0.2, 0.25) is 0 Å². The monoisotopic (exact) mass is 310 g/mol. The standard InChI is InChI=1S/C19H22N2O2/c22-19(21-13-4-11-20-12-14-21)17-7-9-18(10-8-17)23-15-16-5-2-1-3-6-16/h1-3,5-10,20H,4,11-15H2. The summed E-state index contributed by atoms with van der Waals surface area (Å²) in [6.07, 6.45) is 1.00. The average Bonchev–Trinajstić information content (AvgIpc) is 2.90. The predicted octanol–water partition coefficient (Wildman–Crippen LogP) is 2.70. The Morgan fingerprint density at radius 1 is 1.00 bits per heavy atom. The maximum absolute atomic E-state index is 12.5. The highest BCUT2D eigenvalue weighted by molar-refractivity contribution is 5.94. The Kier molecular flexibility index (Phi) is 5.27. The molecule has 0 bridgehead atoms. The Morgan fingerprint density at radius 2 is 1.78 bits per heavy atom. The third-order valence-corrected chi connectivity index (χ3v) is 3.98. The topological polar surface area (TPSA) is 41.6 Å². The van der Waals surface area contributed by atoms with Crippen molar-refractivity contribution in [2.75, 3.05) is 26.2 Å². The molecule has 4 heteroatoms. The Morgan fingerprint density at radius 3 is 2.57 bits per heavy atom. The fraction of sp³-hybridized carbons (Fsp3) is 0.316. The lowest BCUT2D eigenvalue weighted by Crippen LogP contribution is -2.34. The van der Waals surface area contributed by atoms with Gasteiger partial charge in [-0.25, -0.2) is 0 Å². The van der Waals surface area contributed by atoms with Gasteiger partial charge in [-0.05, 0) is 42.8 Å². The van der Waals surface area contributed by atoms with Crippen molar-refractivity contribution < 1.29 is 9.53 Å². The molecule has 0 radical (unpaired) electrons. The lowest BCUT2D eigenvalue weighted by atomic mass is 10.2. The van der Waals surface area contributed by atoms with E-state index in [1.807, 2.05) is 59.5 Å². The Balaban J connectivity index is 1.59. The van der Waals surface area contributed by atoms with E-state index in [-0.39, 0.29) is 5.91 Å². The van der Waals surface area contributed by atoms with Gasteiger partial charge in [0.2, 0.25) is 0 Å². The van der Waals surface area contributed by atoms with E-state index < -0.39 is 0 Å². The van der Waals surface area contributed by atoms with Gasteiger partial charge in [-0.15, -0.1) is 0 Å². The van der Waals surface area contributed by atoms with Crippen molar-refractivity contribution in [3.05, 3.63) is 65.7 Å². The molecule has 23 heavy (non-hydrogen) atoms. The van der Waals surface area contributed by atoms with Crippen LogP contribution in [0.1, 0.15) is 22.3 Å². The molecular weight excluding hydrogens is 288 g/mol. The Bertz CT molecular complexity index is 618. The molecule has 120 valence electrons. The summed E-state index contributed by atoms with van der Waals surface area (Å²) in [5.74, 6) is 0.881. The summed E-state index contributed by atoms with van der Waals surface area (Å²) in [7, 11) is 0. The second-order valence-corrected chi connectivity index (χ2v) is 5.69. The van der Waals surface area contributed by atoms with E-state index in [1.54, 1.807) is 0 Å². The van der Waals surface area contributed by atoms with E-state index in [1.165, 1.54) is 0 Å². The summed E-state index contributed by atoms with van der Waals surface area (Å²) < 4.78 is 5.76. The van der Waals surface area contributed by atoms with Gasteiger partial charge in [0.1, 0.15) is 12.4 Å². The molecule has 1 heterocycles. The van der Waals surface area contributed by atoms with Gasteiger partial charge in [0.05, 0.1) is 0 Å². The number of carbonyl (C=O) groups excluding carboxylic acids is 1. The van der Waals surface area contributed by atoms with E-state index in [9.17, 15) is 4.79 Å². The van der Waals surface area contributed by atoms with Crippen LogP contribution in [0.5, 0.6) is 5.75 Å². The van der Waals surface area contributed by atoms with Crippen molar-refractivity contribution in [2.24, 2.45) is 0 Å². The minimum Gasteiger partial charge on any atom is -0.489 e. The molecule has 1 fully saturated rings. The number of hydrogen-bond donors (Lipinski definition) is 1. The first-order valence-electron chi connectivity index (χ1n) is 8.10. The molecule has 2 aromatic rings. The van der Waals surface area contributed by atoms with E-state index in [4.69, 9.17) is 4.74 Å². The number of amides is 1. The highest BCUT2D eigenvalue weighted by Crippen LogP contribution is 2.16. The van der Waals surface area contributed by atoms with Gasteiger partial charge in [0, 0.05) is 25.2 Å². The summed E-state index contributed by atoms with van der Waals surface area (Å²) >= 11 is 0. The summed E-state index contributed by atoms with van der Waals surface area (Å²) in [6, 6.07) is 17.5. The molecule has 1 saturated heterocycles. The number of nitrogens with one attached hydrogen (secondary N) is 1. The van der Waals surface area contributed by atoms with Gasteiger partial charge >= 0.3 is 0 Å². The number of rotatable bonds is 4. The second kappa shape index (κ2) is 7.79. The zero-order valence-electron chi connectivity index (χ0n) is 13.2. The highest BCUT2D eigenvalue weighted by atomic mass is 16.5. The van der Waals surface area contributed by atoms with Gasteiger partial charge < -0.3 is 15.0 Å². The number of nitrogens with zero attached hydrogens (tertiary/aromatic N) is 1. The fourth-order valence-corrected chi connectivity index (χ4v) is 2.67. The van der Waals surface area contributed by atoms with Crippen LogP contribution in [-0.4, -0.2) is 37.0 Å². The summed E-state index contributed by atoms with van der Waals surface area (Å²) in [5, 5.41) is 3.31. The lowest BCUT2D eigenvalue weighted by Gasteiger charge is -2.20. The van der Waals surface area contributed by atoms with Crippen molar-refractivity contribution in [2.45, 2.75) is 13.0 Å². The van der Waals surface area contributed by atoms with Gasteiger partial charge in [-0.2, -0.15) is 0 Å². The zero-order chi connectivity index (χ0) is 15.9. The summed E-state index contributed by atoms with van der Waals surface area (Å²) in [6.45, 7) is 3.97. The third kappa shape index (κ3) is 4.33. The molecule has 1 aliphatic heterocycles. The van der Waals surface area contributed by atoms with Crippen molar-refractivity contribution in [1.82, 2.24) is 10.2 Å². The molecule has 1 N–H and O–H groups in total. The van der Waals surface area contributed by atoms with Crippen LogP contribution >= 0.6 is 0 Å². The molecular formula is C19H22N2O2. The van der Waals surface area contributed by atoms with E-state index in [0.29, 0.717) is 6.61 Å². The van der Waals surface area contributed by atoms with Crippen LogP contribution in [0, 0.1) is 0 Å². The highest BCUT2D eigenvalue weighted by Gasteiger charge is 2.16. The molecule has 0 aliphatic carbocycles. The zero-order valence-corrected chi connectivity index (χ0v) is 13.2. The van der Waals surface area contributed by atoms with Crippen LogP contribution in [-0.2, 0) is 6.61 Å². The molecule has 0 aromatic heterocycles. The molecule has 0 saturated carbocycles. The summed E-state index contributed by atoms with van der Waals surface area (Å²) in [4.78, 5) is 14.4. The molecule has 1 aliphatic rings. The van der Waals surface area contributed by atoms with Crippen LogP contribution in [0.15, 0.2) is 54.6 Å². The number of benzene rings is 2. The van der Waals surface area contributed by atoms with Crippen molar-refractivity contribution >= 4 is 5.91 Å². The molecule has 0 unspecified atom stereocenters. The van der Waals surface area contributed by atoms with E-state index >= 15 is 0 Å². The first kappa shape index (κ1) is 15.6. The minimum atomic E-state index is 0.100. The largest absolute Gasteiger partial charge is 0.489 e. The smallest absolute Gasteiger partial charge is 0.253 e. The molecule has 0 atom stereocenters. The Hall–Kier alpha value is -2.33. The second-order valence-electron chi connectivity index (χ2n) is 5.69. The lowest BCUT2D eigenvalue weighted by molar-refractivity contribution is 0.0766. The maximum Gasteiger partial charge on any atom is 0.253 e. The quantitative estimate of drug-likeness (QED) is 0.944. The normalized spacial score (nSPS) is 15.0. The molecule has 0 spiro atoms. The van der Waals surface area contributed by atoms with Crippen LogP contribution in [0.25, 0.3) is 0 Å². The van der Waals surface area contributed by atoms with Crippen LogP contribution < -0.4 is 10.1 Å². The SMILES string of the molecule is O=C(c1ccc(OCc2ccccc2)cc1)N1CCCNCC1. The predicted molar refractivity (Wildman–Crippen MR) is 90.6 cm³/mol. The first-order chi connectivity index (χ1) is 11.3. The van der Waals surface area contributed by atoms with Crippen molar-refractivity contribution in [3.8, 4) is 5.75 Å². The molecule has 4 nitrogen and oxygen atoms in total. The molecule has 2 aromatic carbocycles. The van der Waals surface area contributed by atoms with Gasteiger partial charge in [-0.1, -0.05) is 30.3 Å². The van der Waals surface area contributed by atoms with Crippen LogP contribution in [0.3, 0.4) is 0 Å². The number of hydrogen-bond acceptors (Lipinski definition) is 3. The maximum atomic E-state index is 12.5. The van der Waals surface area contributed by atoms with E-state index in [2.05, 4.69) is 5.32 Å². The summed E-state index contributed by atoms with van der Waals surface area (Å²) in [5.41, 5.74) is 1.85. The molecule has 1 amide bonds. The minimum absolute atomic E-state index is 0.100. The van der Waals surface area contributed by atoms with Gasteiger partial charge in [-0.3, -0.25) is 4.79 Å².